The van der Waals surface area contributed by atoms with E-state index in [1.807, 2.05) is 30.3 Å². The first-order chi connectivity index (χ1) is 12.6. The second-order valence-electron chi connectivity index (χ2n) is 5.91. The van der Waals surface area contributed by atoms with Gasteiger partial charge in [-0.1, -0.05) is 18.2 Å². The minimum absolute atomic E-state index is 0.101. The number of aromatic nitrogens is 3. The summed E-state index contributed by atoms with van der Waals surface area (Å²) in [5.74, 6) is 0.596. The molecule has 2 aromatic heterocycles. The number of rotatable bonds is 6. The lowest BCUT2D eigenvalue weighted by molar-refractivity contribution is -0.121. The van der Waals surface area contributed by atoms with Crippen molar-refractivity contribution in [2.24, 2.45) is 0 Å². The Kier molecular flexibility index (Phi) is 5.22. The van der Waals surface area contributed by atoms with E-state index in [1.165, 1.54) is 10.7 Å². The largest absolute Gasteiger partial charge is 0.497 e. The van der Waals surface area contributed by atoms with Crippen molar-refractivity contribution in [1.82, 2.24) is 14.8 Å². The monoisotopic (exact) mass is 349 g/mol. The van der Waals surface area contributed by atoms with Gasteiger partial charge in [0.2, 0.25) is 0 Å². The number of benzene rings is 1. The van der Waals surface area contributed by atoms with Crippen LogP contribution in [0.2, 0.25) is 0 Å². The number of hydrogen-bond acceptors (Lipinski definition) is 5. The Morgan fingerprint density at radius 2 is 2.04 bits per heavy atom. The van der Waals surface area contributed by atoms with Gasteiger partial charge in [-0.25, -0.2) is 4.68 Å². The highest BCUT2D eigenvalue weighted by molar-refractivity contribution is 5.84. The molecule has 132 valence electrons. The molecule has 0 amide bonds. The first kappa shape index (κ1) is 17.5. The second-order valence-corrected chi connectivity index (χ2v) is 5.91. The van der Waals surface area contributed by atoms with Crippen molar-refractivity contribution < 1.29 is 9.53 Å². The van der Waals surface area contributed by atoms with E-state index in [9.17, 15) is 9.59 Å². The molecule has 3 aromatic rings. The highest BCUT2D eigenvalue weighted by Gasteiger charge is 2.18. The highest BCUT2D eigenvalue weighted by Crippen LogP contribution is 2.21. The standard InChI is InChI=1S/C20H19N3O3/c1-14(19(24)11-15-5-4-10-21-13-15)23-20(25)9-8-18(22-23)16-6-3-7-17(12-16)26-2/h3-10,12-14H,11H2,1-2H3. The molecule has 0 aliphatic heterocycles. The topological polar surface area (TPSA) is 74.1 Å². The number of carbonyl (C=O) groups is 1. The smallest absolute Gasteiger partial charge is 0.267 e. The van der Waals surface area contributed by atoms with Gasteiger partial charge in [0.25, 0.3) is 5.56 Å². The van der Waals surface area contributed by atoms with E-state index >= 15 is 0 Å². The molecule has 1 aromatic carbocycles. The zero-order valence-corrected chi connectivity index (χ0v) is 14.6. The van der Waals surface area contributed by atoms with Gasteiger partial charge in [0.05, 0.1) is 12.8 Å². The third-order valence-corrected chi connectivity index (χ3v) is 4.12. The van der Waals surface area contributed by atoms with Crippen LogP contribution in [0, 0.1) is 0 Å². The summed E-state index contributed by atoms with van der Waals surface area (Å²) in [4.78, 5) is 28.8. The predicted octanol–water partition coefficient (Wildman–Crippen LogP) is 2.69. The summed E-state index contributed by atoms with van der Waals surface area (Å²) in [6.07, 6.45) is 3.50. The van der Waals surface area contributed by atoms with Crippen molar-refractivity contribution in [3.8, 4) is 17.0 Å². The summed E-state index contributed by atoms with van der Waals surface area (Å²) in [6.45, 7) is 1.68. The maximum Gasteiger partial charge on any atom is 0.267 e. The molecule has 0 bridgehead atoms. The summed E-state index contributed by atoms with van der Waals surface area (Å²) in [5, 5.41) is 4.39. The Hall–Kier alpha value is -3.28. The number of Topliss-reactive ketones (excluding diaryl/α,β-unsaturated/α-hetero) is 1. The van der Waals surface area contributed by atoms with Gasteiger partial charge in [0.1, 0.15) is 11.8 Å². The van der Waals surface area contributed by atoms with E-state index in [0.717, 1.165) is 11.1 Å². The number of pyridine rings is 1. The van der Waals surface area contributed by atoms with Crippen LogP contribution in [0.4, 0.5) is 0 Å². The Labute approximate surface area is 151 Å². The number of ether oxygens (including phenoxy) is 1. The maximum atomic E-state index is 12.6. The maximum absolute atomic E-state index is 12.6. The van der Waals surface area contributed by atoms with Crippen LogP contribution in [0.25, 0.3) is 11.3 Å². The van der Waals surface area contributed by atoms with Crippen LogP contribution in [0.5, 0.6) is 5.75 Å². The van der Waals surface area contributed by atoms with Gasteiger partial charge in [-0.05, 0) is 36.8 Å². The molecule has 0 N–H and O–H groups in total. The van der Waals surface area contributed by atoms with Crippen molar-refractivity contribution in [3.05, 3.63) is 76.8 Å². The molecule has 6 heteroatoms. The average Bonchev–Trinajstić information content (AvgIpc) is 2.68. The van der Waals surface area contributed by atoms with Crippen molar-refractivity contribution in [1.29, 1.82) is 0 Å². The fraction of sp³-hybridized carbons (Fsp3) is 0.200. The van der Waals surface area contributed by atoms with Crippen LogP contribution in [0.3, 0.4) is 0 Å². The second kappa shape index (κ2) is 7.74. The summed E-state index contributed by atoms with van der Waals surface area (Å²) < 4.78 is 6.46. The SMILES string of the molecule is COc1cccc(-c2ccc(=O)n(C(C)C(=O)Cc3cccnc3)n2)c1. The van der Waals surface area contributed by atoms with Gasteiger partial charge >= 0.3 is 0 Å². The predicted molar refractivity (Wildman–Crippen MR) is 98.1 cm³/mol. The van der Waals surface area contributed by atoms with Crippen LogP contribution in [0.15, 0.2) is 65.7 Å². The lowest BCUT2D eigenvalue weighted by atomic mass is 10.1. The Morgan fingerprint density at radius 1 is 1.19 bits per heavy atom. The lowest BCUT2D eigenvalue weighted by Gasteiger charge is -2.14. The van der Waals surface area contributed by atoms with Crippen LogP contribution in [-0.2, 0) is 11.2 Å². The highest BCUT2D eigenvalue weighted by atomic mass is 16.5. The average molecular weight is 349 g/mol. The fourth-order valence-electron chi connectivity index (χ4n) is 2.63. The van der Waals surface area contributed by atoms with Crippen LogP contribution in [0.1, 0.15) is 18.5 Å². The van der Waals surface area contributed by atoms with Crippen molar-refractivity contribution in [2.45, 2.75) is 19.4 Å². The molecule has 2 heterocycles. The van der Waals surface area contributed by atoms with Crippen molar-refractivity contribution in [2.75, 3.05) is 7.11 Å². The minimum atomic E-state index is -0.673. The molecule has 3 rings (SSSR count). The molecule has 26 heavy (non-hydrogen) atoms. The minimum Gasteiger partial charge on any atom is -0.497 e. The molecular weight excluding hydrogens is 330 g/mol. The number of methoxy groups -OCH3 is 1. The third kappa shape index (κ3) is 3.85. The van der Waals surface area contributed by atoms with Crippen LogP contribution >= 0.6 is 0 Å². The van der Waals surface area contributed by atoms with Crippen LogP contribution < -0.4 is 10.3 Å². The molecular formula is C20H19N3O3. The number of carbonyl (C=O) groups excluding carboxylic acids is 1. The summed E-state index contributed by atoms with van der Waals surface area (Å²) >= 11 is 0. The van der Waals surface area contributed by atoms with E-state index < -0.39 is 6.04 Å². The summed E-state index contributed by atoms with van der Waals surface area (Å²) in [6, 6.07) is 13.4. The van der Waals surface area contributed by atoms with Gasteiger partial charge in [0, 0.05) is 30.4 Å². The molecule has 0 saturated carbocycles. The zero-order valence-electron chi connectivity index (χ0n) is 14.6. The van der Waals surface area contributed by atoms with E-state index in [1.54, 1.807) is 38.6 Å². The Balaban J connectivity index is 1.89. The van der Waals surface area contributed by atoms with Crippen molar-refractivity contribution >= 4 is 5.78 Å². The molecule has 6 nitrogen and oxygen atoms in total. The molecule has 0 aliphatic rings. The van der Waals surface area contributed by atoms with Crippen LogP contribution in [-0.4, -0.2) is 27.7 Å². The summed E-state index contributed by atoms with van der Waals surface area (Å²) in [7, 11) is 1.59. The number of hydrogen-bond donors (Lipinski definition) is 0. The van der Waals surface area contributed by atoms with Gasteiger partial charge in [-0.15, -0.1) is 0 Å². The fourth-order valence-corrected chi connectivity index (χ4v) is 2.63. The van der Waals surface area contributed by atoms with Gasteiger partial charge in [0.15, 0.2) is 5.78 Å². The van der Waals surface area contributed by atoms with Gasteiger partial charge < -0.3 is 4.74 Å². The first-order valence-electron chi connectivity index (χ1n) is 8.24. The van der Waals surface area contributed by atoms with E-state index in [-0.39, 0.29) is 17.8 Å². The Morgan fingerprint density at radius 3 is 2.77 bits per heavy atom. The third-order valence-electron chi connectivity index (χ3n) is 4.12. The van der Waals surface area contributed by atoms with E-state index in [2.05, 4.69) is 10.1 Å². The molecule has 1 atom stereocenters. The van der Waals surface area contributed by atoms with E-state index in [0.29, 0.717) is 11.4 Å². The summed E-state index contributed by atoms with van der Waals surface area (Å²) in [5.41, 5.74) is 1.90. The van der Waals surface area contributed by atoms with Gasteiger partial charge in [-0.3, -0.25) is 14.6 Å². The normalized spacial score (nSPS) is 11.8. The number of nitrogens with zero attached hydrogens (tertiary/aromatic N) is 3. The molecule has 0 aliphatic carbocycles. The lowest BCUT2D eigenvalue weighted by Crippen LogP contribution is -2.30. The van der Waals surface area contributed by atoms with Gasteiger partial charge in [-0.2, -0.15) is 5.10 Å². The van der Waals surface area contributed by atoms with Crippen molar-refractivity contribution in [3.63, 3.8) is 0 Å². The molecule has 1 unspecified atom stereocenters. The molecule has 0 fully saturated rings. The quantitative estimate of drug-likeness (QED) is 0.684. The zero-order chi connectivity index (χ0) is 18.5. The molecule has 0 spiro atoms. The van der Waals surface area contributed by atoms with E-state index in [4.69, 9.17) is 4.74 Å². The Bertz CT molecular complexity index is 967. The molecule has 0 saturated heterocycles. The number of ketones is 1. The molecule has 0 radical (unpaired) electrons. The first-order valence-corrected chi connectivity index (χ1v) is 8.24.